The van der Waals surface area contributed by atoms with E-state index in [1.165, 1.54) is 23.8 Å². The third-order valence-electron chi connectivity index (χ3n) is 4.15. The first-order valence-corrected chi connectivity index (χ1v) is 10.8. The van der Waals surface area contributed by atoms with E-state index in [1.54, 1.807) is 0 Å². The van der Waals surface area contributed by atoms with E-state index in [9.17, 15) is 13.2 Å². The minimum absolute atomic E-state index is 0.0729. The highest BCUT2D eigenvalue weighted by molar-refractivity contribution is 7.92. The van der Waals surface area contributed by atoms with Gasteiger partial charge in [0.15, 0.2) is 0 Å². The predicted molar refractivity (Wildman–Crippen MR) is 111 cm³/mol. The van der Waals surface area contributed by atoms with Crippen molar-refractivity contribution in [3.8, 4) is 0 Å². The number of amides is 1. The number of anilines is 1. The average Bonchev–Trinajstić information content (AvgIpc) is 2.54. The molecule has 2 aromatic rings. The van der Waals surface area contributed by atoms with Crippen molar-refractivity contribution in [3.63, 3.8) is 0 Å². The van der Waals surface area contributed by atoms with Gasteiger partial charge in [0.2, 0.25) is 10.0 Å². The zero-order valence-electron chi connectivity index (χ0n) is 16.1. The minimum atomic E-state index is -3.44. The van der Waals surface area contributed by atoms with Crippen molar-refractivity contribution in [2.24, 2.45) is 0 Å². The van der Waals surface area contributed by atoms with Crippen LogP contribution in [0, 0.1) is 0 Å². The predicted octanol–water partition coefficient (Wildman–Crippen LogP) is 4.50. The van der Waals surface area contributed by atoms with Crippen LogP contribution in [0.1, 0.15) is 55.2 Å². The Morgan fingerprint density at radius 1 is 1.07 bits per heavy atom. The van der Waals surface area contributed by atoms with Crippen molar-refractivity contribution in [3.05, 3.63) is 64.2 Å². The summed E-state index contributed by atoms with van der Waals surface area (Å²) >= 11 is 6.09. The molecule has 1 amide bonds. The fourth-order valence-electron chi connectivity index (χ4n) is 2.57. The van der Waals surface area contributed by atoms with E-state index in [-0.39, 0.29) is 28.1 Å². The molecule has 0 spiro atoms. The zero-order chi connectivity index (χ0) is 20.4. The number of nitrogens with one attached hydrogen (secondary N) is 2. The van der Waals surface area contributed by atoms with Crippen molar-refractivity contribution in [1.82, 2.24) is 5.32 Å². The molecule has 0 bridgehead atoms. The van der Waals surface area contributed by atoms with Gasteiger partial charge in [-0.1, -0.05) is 56.6 Å². The molecule has 27 heavy (non-hydrogen) atoms. The number of carbonyl (C=O) groups is 1. The molecule has 0 fully saturated rings. The fourth-order valence-corrected chi connectivity index (χ4v) is 3.44. The lowest BCUT2D eigenvalue weighted by atomic mass is 9.86. The molecule has 2 N–H and O–H groups in total. The van der Waals surface area contributed by atoms with E-state index < -0.39 is 10.0 Å². The van der Waals surface area contributed by atoms with E-state index in [4.69, 9.17) is 11.6 Å². The summed E-state index contributed by atoms with van der Waals surface area (Å²) in [7, 11) is -3.44. The van der Waals surface area contributed by atoms with Gasteiger partial charge in [0, 0.05) is 5.56 Å². The molecular weight excluding hydrogens is 384 g/mol. The molecule has 0 aromatic heterocycles. The van der Waals surface area contributed by atoms with Gasteiger partial charge in [-0.25, -0.2) is 8.42 Å². The van der Waals surface area contributed by atoms with Gasteiger partial charge >= 0.3 is 0 Å². The Morgan fingerprint density at radius 3 is 2.15 bits per heavy atom. The second-order valence-electron chi connectivity index (χ2n) is 7.64. The molecule has 7 heteroatoms. The molecule has 1 atom stereocenters. The van der Waals surface area contributed by atoms with Gasteiger partial charge in [-0.2, -0.15) is 0 Å². The summed E-state index contributed by atoms with van der Waals surface area (Å²) in [5, 5.41) is 3.09. The Bertz CT molecular complexity index is 933. The first-order chi connectivity index (χ1) is 12.4. The number of halogens is 1. The number of carbonyl (C=O) groups excluding carboxylic acids is 1. The van der Waals surface area contributed by atoms with Gasteiger partial charge in [0.25, 0.3) is 5.91 Å². The van der Waals surface area contributed by atoms with Crippen molar-refractivity contribution < 1.29 is 13.2 Å². The van der Waals surface area contributed by atoms with Crippen LogP contribution in [0.4, 0.5) is 5.69 Å². The van der Waals surface area contributed by atoms with E-state index in [0.717, 1.165) is 11.8 Å². The highest BCUT2D eigenvalue weighted by Gasteiger charge is 2.16. The Morgan fingerprint density at radius 2 is 1.67 bits per heavy atom. The maximum Gasteiger partial charge on any atom is 0.251 e. The SMILES string of the molecule is C[C@H](NC(=O)c1ccc(NS(C)(=O)=O)c(Cl)c1)c1ccc(C(C)(C)C)cc1. The normalized spacial score (nSPS) is 13.1. The first kappa shape index (κ1) is 21.3. The summed E-state index contributed by atoms with van der Waals surface area (Å²) in [4.78, 5) is 12.5. The summed E-state index contributed by atoms with van der Waals surface area (Å²) in [6, 6.07) is 12.4. The smallest absolute Gasteiger partial charge is 0.251 e. The van der Waals surface area contributed by atoms with Crippen molar-refractivity contribution in [1.29, 1.82) is 0 Å². The van der Waals surface area contributed by atoms with Crippen LogP contribution in [-0.2, 0) is 15.4 Å². The Hall–Kier alpha value is -2.05. The van der Waals surface area contributed by atoms with Gasteiger partial charge in [0.05, 0.1) is 23.0 Å². The number of hydrogen-bond acceptors (Lipinski definition) is 3. The maximum absolute atomic E-state index is 12.5. The van der Waals surface area contributed by atoms with Crippen LogP contribution in [0.2, 0.25) is 5.02 Å². The Labute approximate surface area is 166 Å². The third kappa shape index (κ3) is 5.97. The van der Waals surface area contributed by atoms with Crippen LogP contribution in [0.15, 0.2) is 42.5 Å². The van der Waals surface area contributed by atoms with E-state index in [2.05, 4.69) is 42.9 Å². The monoisotopic (exact) mass is 408 g/mol. The van der Waals surface area contributed by atoms with Gasteiger partial charge in [-0.05, 0) is 41.7 Å². The number of benzene rings is 2. The zero-order valence-corrected chi connectivity index (χ0v) is 17.7. The molecule has 0 saturated heterocycles. The van der Waals surface area contributed by atoms with Crippen molar-refractivity contribution >= 4 is 33.2 Å². The van der Waals surface area contributed by atoms with Gasteiger partial charge < -0.3 is 5.32 Å². The lowest BCUT2D eigenvalue weighted by Crippen LogP contribution is -2.26. The lowest BCUT2D eigenvalue weighted by molar-refractivity contribution is 0.0940. The Balaban J connectivity index is 2.11. The summed E-state index contributed by atoms with van der Waals surface area (Å²) in [5.41, 5.74) is 2.89. The molecule has 0 saturated carbocycles. The lowest BCUT2D eigenvalue weighted by Gasteiger charge is -2.21. The molecule has 5 nitrogen and oxygen atoms in total. The van der Waals surface area contributed by atoms with Crippen LogP contribution in [0.25, 0.3) is 0 Å². The molecular formula is C20H25ClN2O3S. The average molecular weight is 409 g/mol. The van der Waals surface area contributed by atoms with Crippen LogP contribution in [-0.4, -0.2) is 20.6 Å². The van der Waals surface area contributed by atoms with Crippen LogP contribution in [0.3, 0.4) is 0 Å². The third-order valence-corrected chi connectivity index (χ3v) is 5.05. The largest absolute Gasteiger partial charge is 0.346 e. The van der Waals surface area contributed by atoms with Crippen molar-refractivity contribution in [2.75, 3.05) is 11.0 Å². The fraction of sp³-hybridized carbons (Fsp3) is 0.350. The number of hydrogen-bond donors (Lipinski definition) is 2. The number of sulfonamides is 1. The summed E-state index contributed by atoms with van der Waals surface area (Å²) in [5.74, 6) is -0.282. The highest BCUT2D eigenvalue weighted by atomic mass is 35.5. The standard InChI is InChI=1S/C20H25ClN2O3S/c1-13(14-6-9-16(10-7-14)20(2,3)4)22-19(24)15-8-11-18(17(21)12-15)23-27(5,25)26/h6-13,23H,1-5H3,(H,22,24)/t13-/m0/s1. The van der Waals surface area contributed by atoms with E-state index >= 15 is 0 Å². The molecule has 146 valence electrons. The van der Waals surface area contributed by atoms with E-state index in [0.29, 0.717) is 5.56 Å². The summed E-state index contributed by atoms with van der Waals surface area (Å²) < 4.78 is 24.9. The summed E-state index contributed by atoms with van der Waals surface area (Å²) in [6.07, 6.45) is 1.04. The molecule has 2 aromatic carbocycles. The second kappa shape index (κ2) is 7.90. The van der Waals surface area contributed by atoms with Crippen molar-refractivity contribution in [2.45, 2.75) is 39.2 Å². The highest BCUT2D eigenvalue weighted by Crippen LogP contribution is 2.26. The molecule has 0 unspecified atom stereocenters. The van der Waals surface area contributed by atoms with Gasteiger partial charge in [-0.15, -0.1) is 0 Å². The molecule has 0 aliphatic heterocycles. The second-order valence-corrected chi connectivity index (χ2v) is 9.79. The molecule has 0 heterocycles. The molecule has 0 radical (unpaired) electrons. The minimum Gasteiger partial charge on any atom is -0.346 e. The first-order valence-electron chi connectivity index (χ1n) is 8.55. The van der Waals surface area contributed by atoms with Crippen LogP contribution < -0.4 is 10.0 Å². The van der Waals surface area contributed by atoms with Crippen LogP contribution in [0.5, 0.6) is 0 Å². The quantitative estimate of drug-likeness (QED) is 0.764. The molecule has 0 aliphatic rings. The van der Waals surface area contributed by atoms with Gasteiger partial charge in [0.1, 0.15) is 0 Å². The number of rotatable bonds is 5. The molecule has 2 rings (SSSR count). The molecule has 0 aliphatic carbocycles. The maximum atomic E-state index is 12.5. The van der Waals surface area contributed by atoms with E-state index in [1.807, 2.05) is 19.1 Å². The van der Waals surface area contributed by atoms with Crippen LogP contribution >= 0.6 is 11.6 Å². The summed E-state index contributed by atoms with van der Waals surface area (Å²) in [6.45, 7) is 8.36. The van der Waals surface area contributed by atoms with Gasteiger partial charge in [-0.3, -0.25) is 9.52 Å². The topological polar surface area (TPSA) is 75.3 Å². The Kier molecular flexibility index (Phi) is 6.22.